The fraction of sp³-hybridized carbons (Fsp3) is 0.562. The van der Waals surface area contributed by atoms with Gasteiger partial charge in [-0.15, -0.1) is 0 Å². The van der Waals surface area contributed by atoms with Gasteiger partial charge in [-0.25, -0.2) is 0 Å². The maximum absolute atomic E-state index is 12.6. The number of nitrogens with one attached hydrogen (secondary N) is 1. The van der Waals surface area contributed by atoms with E-state index >= 15 is 0 Å². The van der Waals surface area contributed by atoms with Crippen molar-refractivity contribution < 1.29 is 4.79 Å². The molecule has 1 unspecified atom stereocenters. The lowest BCUT2D eigenvalue weighted by Gasteiger charge is -2.36. The number of benzene rings is 1. The number of carbonyl (C=O) groups is 1. The summed E-state index contributed by atoms with van der Waals surface area (Å²) in [5.41, 5.74) is 2.05. The average Bonchev–Trinajstić information content (AvgIpc) is 2.41. The second-order valence-electron chi connectivity index (χ2n) is 5.86. The maximum Gasteiger partial charge on any atom is 0.242 e. The highest BCUT2D eigenvalue weighted by Gasteiger charge is 2.36. The van der Waals surface area contributed by atoms with E-state index in [4.69, 9.17) is 0 Å². The summed E-state index contributed by atoms with van der Waals surface area (Å²) >= 11 is 0. The van der Waals surface area contributed by atoms with Gasteiger partial charge in [0.15, 0.2) is 0 Å². The van der Waals surface area contributed by atoms with Crippen molar-refractivity contribution in [2.75, 3.05) is 13.6 Å². The van der Waals surface area contributed by atoms with E-state index in [-0.39, 0.29) is 11.4 Å². The van der Waals surface area contributed by atoms with Gasteiger partial charge in [-0.3, -0.25) is 4.79 Å². The minimum atomic E-state index is -0.377. The second kappa shape index (κ2) is 5.74. The van der Waals surface area contributed by atoms with Gasteiger partial charge in [-0.1, -0.05) is 29.8 Å². The maximum atomic E-state index is 12.6. The van der Waals surface area contributed by atoms with Gasteiger partial charge >= 0.3 is 0 Å². The van der Waals surface area contributed by atoms with Gasteiger partial charge in [0, 0.05) is 13.6 Å². The van der Waals surface area contributed by atoms with Gasteiger partial charge in [-0.2, -0.15) is 0 Å². The summed E-state index contributed by atoms with van der Waals surface area (Å²) in [5, 5.41) is 3.38. The van der Waals surface area contributed by atoms with Gasteiger partial charge < -0.3 is 10.2 Å². The van der Waals surface area contributed by atoms with Crippen LogP contribution >= 0.6 is 0 Å². The molecule has 104 valence electrons. The summed E-state index contributed by atoms with van der Waals surface area (Å²) < 4.78 is 0. The van der Waals surface area contributed by atoms with Crippen LogP contribution in [0.1, 0.15) is 37.3 Å². The molecule has 0 aromatic heterocycles. The Morgan fingerprint density at radius 2 is 2.00 bits per heavy atom. The summed E-state index contributed by atoms with van der Waals surface area (Å²) in [6, 6.07) is 8.37. The summed E-state index contributed by atoms with van der Waals surface area (Å²) in [6.07, 6.45) is 3.24. The first-order valence-corrected chi connectivity index (χ1v) is 7.07. The van der Waals surface area contributed by atoms with E-state index in [1.807, 2.05) is 18.9 Å². The number of hydrogen-bond acceptors (Lipinski definition) is 2. The number of likely N-dealkylation sites (N-methyl/N-ethyl adjacent to an activating group) is 1. The molecule has 1 N–H and O–H groups in total. The molecule has 0 bridgehead atoms. The lowest BCUT2D eigenvalue weighted by molar-refractivity contribution is -0.137. The molecule has 0 spiro atoms. The Hall–Kier alpha value is -1.35. The Labute approximate surface area is 116 Å². The molecular weight excluding hydrogens is 236 g/mol. The van der Waals surface area contributed by atoms with Crippen molar-refractivity contribution in [1.82, 2.24) is 10.2 Å². The standard InChI is InChI=1S/C16H24N2O/c1-13-6-8-14(9-7-13)12-18(3)15(19)16(2)10-4-5-11-17-16/h6-9,17H,4-5,10-12H2,1-3H3. The minimum Gasteiger partial charge on any atom is -0.340 e. The molecule has 1 aliphatic rings. The fourth-order valence-electron chi connectivity index (χ4n) is 2.70. The molecule has 2 rings (SSSR count). The van der Waals surface area contributed by atoms with Crippen LogP contribution in [0.25, 0.3) is 0 Å². The second-order valence-corrected chi connectivity index (χ2v) is 5.86. The summed E-state index contributed by atoms with van der Waals surface area (Å²) in [5.74, 6) is 0.202. The molecule has 3 heteroatoms. The van der Waals surface area contributed by atoms with Crippen LogP contribution < -0.4 is 5.32 Å². The first-order valence-electron chi connectivity index (χ1n) is 7.07. The van der Waals surface area contributed by atoms with Gasteiger partial charge in [0.2, 0.25) is 5.91 Å². The molecule has 1 atom stereocenters. The van der Waals surface area contributed by atoms with Crippen LogP contribution in [-0.2, 0) is 11.3 Å². The molecular formula is C16H24N2O. The van der Waals surface area contributed by atoms with Crippen molar-refractivity contribution in [3.05, 3.63) is 35.4 Å². The topological polar surface area (TPSA) is 32.3 Å². The number of rotatable bonds is 3. The summed E-state index contributed by atoms with van der Waals surface area (Å²) in [7, 11) is 1.89. The van der Waals surface area contributed by atoms with Crippen molar-refractivity contribution in [2.24, 2.45) is 0 Å². The third-order valence-corrected chi connectivity index (χ3v) is 3.98. The average molecular weight is 260 g/mol. The van der Waals surface area contributed by atoms with Crippen LogP contribution in [0.3, 0.4) is 0 Å². The highest BCUT2D eigenvalue weighted by Crippen LogP contribution is 2.21. The number of hydrogen-bond donors (Lipinski definition) is 1. The third kappa shape index (κ3) is 3.35. The van der Waals surface area contributed by atoms with E-state index in [9.17, 15) is 4.79 Å². The van der Waals surface area contributed by atoms with Gasteiger partial charge in [-0.05, 0) is 45.2 Å². The Balaban J connectivity index is 2.00. The third-order valence-electron chi connectivity index (χ3n) is 3.98. The van der Waals surface area contributed by atoms with Crippen molar-refractivity contribution in [1.29, 1.82) is 0 Å². The first-order chi connectivity index (χ1) is 9.01. The first kappa shape index (κ1) is 14.1. The van der Waals surface area contributed by atoms with Crippen LogP contribution in [0.5, 0.6) is 0 Å². The lowest BCUT2D eigenvalue weighted by atomic mass is 9.89. The smallest absolute Gasteiger partial charge is 0.242 e. The van der Waals surface area contributed by atoms with E-state index in [0.29, 0.717) is 6.54 Å². The van der Waals surface area contributed by atoms with Crippen molar-refractivity contribution in [3.8, 4) is 0 Å². The van der Waals surface area contributed by atoms with E-state index in [1.54, 1.807) is 0 Å². The molecule has 1 aliphatic heterocycles. The number of nitrogens with zero attached hydrogens (tertiary/aromatic N) is 1. The Morgan fingerprint density at radius 1 is 1.32 bits per heavy atom. The predicted molar refractivity (Wildman–Crippen MR) is 77.9 cm³/mol. The number of aryl methyl sites for hydroxylation is 1. The normalized spacial score (nSPS) is 23.1. The monoisotopic (exact) mass is 260 g/mol. The molecule has 0 saturated carbocycles. The Morgan fingerprint density at radius 3 is 2.58 bits per heavy atom. The molecule has 1 aromatic carbocycles. The van der Waals surface area contributed by atoms with Crippen LogP contribution in [0, 0.1) is 6.92 Å². The zero-order valence-corrected chi connectivity index (χ0v) is 12.2. The summed E-state index contributed by atoms with van der Waals surface area (Å²) in [6.45, 7) is 5.72. The van der Waals surface area contributed by atoms with Crippen LogP contribution in [0.15, 0.2) is 24.3 Å². The summed E-state index contributed by atoms with van der Waals surface area (Å²) in [4.78, 5) is 14.4. The van der Waals surface area contributed by atoms with E-state index < -0.39 is 0 Å². The van der Waals surface area contributed by atoms with E-state index in [2.05, 4.69) is 36.5 Å². The molecule has 1 saturated heterocycles. The van der Waals surface area contributed by atoms with Crippen molar-refractivity contribution in [3.63, 3.8) is 0 Å². The molecule has 1 amide bonds. The van der Waals surface area contributed by atoms with E-state index in [0.717, 1.165) is 19.4 Å². The molecule has 1 aromatic rings. The quantitative estimate of drug-likeness (QED) is 0.905. The zero-order chi connectivity index (χ0) is 13.9. The Bertz CT molecular complexity index is 433. The van der Waals surface area contributed by atoms with E-state index in [1.165, 1.54) is 17.5 Å². The van der Waals surface area contributed by atoms with Crippen molar-refractivity contribution in [2.45, 2.75) is 45.2 Å². The van der Waals surface area contributed by atoms with Gasteiger partial charge in [0.05, 0.1) is 5.54 Å². The molecule has 1 fully saturated rings. The highest BCUT2D eigenvalue weighted by molar-refractivity contribution is 5.85. The van der Waals surface area contributed by atoms with Crippen LogP contribution in [0.2, 0.25) is 0 Å². The Kier molecular flexibility index (Phi) is 4.25. The minimum absolute atomic E-state index is 0.202. The zero-order valence-electron chi connectivity index (χ0n) is 12.2. The van der Waals surface area contributed by atoms with Gasteiger partial charge in [0.1, 0.15) is 0 Å². The number of piperidine rings is 1. The van der Waals surface area contributed by atoms with Crippen LogP contribution in [-0.4, -0.2) is 29.9 Å². The SMILES string of the molecule is Cc1ccc(CN(C)C(=O)C2(C)CCCCN2)cc1. The van der Waals surface area contributed by atoms with Crippen molar-refractivity contribution >= 4 is 5.91 Å². The van der Waals surface area contributed by atoms with Crippen LogP contribution in [0.4, 0.5) is 0 Å². The molecule has 3 nitrogen and oxygen atoms in total. The molecule has 0 aliphatic carbocycles. The highest BCUT2D eigenvalue weighted by atomic mass is 16.2. The molecule has 0 radical (unpaired) electrons. The molecule has 1 heterocycles. The predicted octanol–water partition coefficient (Wildman–Crippen LogP) is 2.49. The molecule has 19 heavy (non-hydrogen) atoms. The fourth-order valence-corrected chi connectivity index (χ4v) is 2.70. The lowest BCUT2D eigenvalue weighted by Crippen LogP contribution is -2.57. The largest absolute Gasteiger partial charge is 0.340 e. The number of carbonyl (C=O) groups excluding carboxylic acids is 1. The number of amides is 1. The van der Waals surface area contributed by atoms with Gasteiger partial charge in [0.25, 0.3) is 0 Å².